The number of hydrogen-bond acceptors (Lipinski definition) is 1. The molecule has 1 aliphatic carbocycles. The standard InChI is InChI=1S/C11H18O2/c1-11(8-4-5-9-11)7-3-2-6-10(12)13/h2-3H,4-9H2,1H3,(H,12,13)/b3-2+. The van der Waals surface area contributed by atoms with Crippen LogP contribution in [0, 0.1) is 5.41 Å². The zero-order chi connectivity index (χ0) is 9.73. The molecule has 0 spiro atoms. The Bertz CT molecular complexity index is 200. The lowest BCUT2D eigenvalue weighted by Gasteiger charge is -2.20. The maximum Gasteiger partial charge on any atom is 0.307 e. The van der Waals surface area contributed by atoms with Gasteiger partial charge in [-0.15, -0.1) is 0 Å². The molecule has 0 aliphatic heterocycles. The molecule has 0 aromatic carbocycles. The Morgan fingerprint density at radius 1 is 1.38 bits per heavy atom. The molecule has 0 atom stereocenters. The van der Waals surface area contributed by atoms with Gasteiger partial charge in [0.25, 0.3) is 0 Å². The van der Waals surface area contributed by atoms with Crippen LogP contribution in [0.4, 0.5) is 0 Å². The molecule has 1 rings (SSSR count). The van der Waals surface area contributed by atoms with Crippen LogP contribution in [-0.2, 0) is 4.79 Å². The van der Waals surface area contributed by atoms with E-state index in [0.29, 0.717) is 5.41 Å². The predicted octanol–water partition coefficient (Wildman–Crippen LogP) is 2.99. The average molecular weight is 182 g/mol. The molecule has 0 aromatic rings. The summed E-state index contributed by atoms with van der Waals surface area (Å²) in [5, 5.41) is 8.42. The Hall–Kier alpha value is -0.790. The van der Waals surface area contributed by atoms with Gasteiger partial charge in [0.1, 0.15) is 0 Å². The molecule has 0 aromatic heterocycles. The van der Waals surface area contributed by atoms with Crippen LogP contribution in [0.5, 0.6) is 0 Å². The molecule has 0 bridgehead atoms. The minimum atomic E-state index is -0.743. The van der Waals surface area contributed by atoms with Gasteiger partial charge in [0, 0.05) is 0 Å². The minimum Gasteiger partial charge on any atom is -0.481 e. The van der Waals surface area contributed by atoms with Crippen molar-refractivity contribution in [3.05, 3.63) is 12.2 Å². The number of aliphatic carboxylic acids is 1. The van der Waals surface area contributed by atoms with Crippen molar-refractivity contribution in [2.45, 2.75) is 45.4 Å². The Labute approximate surface area is 79.6 Å². The summed E-state index contributed by atoms with van der Waals surface area (Å²) in [6.45, 7) is 2.30. The summed E-state index contributed by atoms with van der Waals surface area (Å²) in [5.41, 5.74) is 0.453. The Balaban J connectivity index is 2.24. The quantitative estimate of drug-likeness (QED) is 0.678. The molecule has 0 amide bonds. The first kappa shape index (κ1) is 10.3. The van der Waals surface area contributed by atoms with Crippen LogP contribution in [0.2, 0.25) is 0 Å². The van der Waals surface area contributed by atoms with E-state index in [-0.39, 0.29) is 6.42 Å². The van der Waals surface area contributed by atoms with Gasteiger partial charge in [0.2, 0.25) is 0 Å². The lowest BCUT2D eigenvalue weighted by molar-refractivity contribution is -0.136. The number of hydrogen-bond donors (Lipinski definition) is 1. The molecule has 2 heteroatoms. The van der Waals surface area contributed by atoms with E-state index in [2.05, 4.69) is 6.92 Å². The van der Waals surface area contributed by atoms with Crippen molar-refractivity contribution in [2.75, 3.05) is 0 Å². The predicted molar refractivity (Wildman–Crippen MR) is 52.6 cm³/mol. The van der Waals surface area contributed by atoms with Crippen LogP contribution in [-0.4, -0.2) is 11.1 Å². The van der Waals surface area contributed by atoms with Crippen molar-refractivity contribution in [2.24, 2.45) is 5.41 Å². The monoisotopic (exact) mass is 182 g/mol. The van der Waals surface area contributed by atoms with E-state index in [9.17, 15) is 4.79 Å². The molecule has 1 saturated carbocycles. The average Bonchev–Trinajstić information content (AvgIpc) is 2.47. The van der Waals surface area contributed by atoms with Crippen LogP contribution < -0.4 is 0 Å². The normalized spacial score (nSPS) is 21.0. The lowest BCUT2D eigenvalue weighted by atomic mass is 9.85. The minimum absolute atomic E-state index is 0.163. The first-order chi connectivity index (χ1) is 6.12. The van der Waals surface area contributed by atoms with E-state index in [1.807, 2.05) is 6.08 Å². The highest BCUT2D eigenvalue weighted by atomic mass is 16.4. The number of rotatable bonds is 4. The summed E-state index contributed by atoms with van der Waals surface area (Å²) in [5.74, 6) is -0.743. The Morgan fingerprint density at radius 3 is 2.54 bits per heavy atom. The molecule has 1 fully saturated rings. The SMILES string of the molecule is CC1(C/C=C/CC(=O)O)CCCC1. The van der Waals surface area contributed by atoms with Crippen LogP contribution in [0.25, 0.3) is 0 Å². The highest BCUT2D eigenvalue weighted by molar-refractivity contribution is 5.68. The van der Waals surface area contributed by atoms with E-state index in [1.165, 1.54) is 25.7 Å². The molecule has 74 valence electrons. The molecule has 0 saturated heterocycles. The number of carboxylic acids is 1. The lowest BCUT2D eigenvalue weighted by Crippen LogP contribution is -2.08. The zero-order valence-corrected chi connectivity index (χ0v) is 8.25. The topological polar surface area (TPSA) is 37.3 Å². The van der Waals surface area contributed by atoms with E-state index < -0.39 is 5.97 Å². The molecule has 1 aliphatic rings. The van der Waals surface area contributed by atoms with Crippen LogP contribution in [0.3, 0.4) is 0 Å². The van der Waals surface area contributed by atoms with E-state index in [0.717, 1.165) is 6.42 Å². The zero-order valence-electron chi connectivity index (χ0n) is 8.25. The molecule has 1 N–H and O–H groups in total. The van der Waals surface area contributed by atoms with Crippen molar-refractivity contribution in [1.29, 1.82) is 0 Å². The highest BCUT2D eigenvalue weighted by Gasteiger charge is 2.26. The van der Waals surface area contributed by atoms with E-state index in [1.54, 1.807) is 6.08 Å². The number of carbonyl (C=O) groups is 1. The van der Waals surface area contributed by atoms with Gasteiger partial charge >= 0.3 is 5.97 Å². The second-order valence-corrected chi connectivity index (χ2v) is 4.29. The maximum atomic E-state index is 10.2. The van der Waals surface area contributed by atoms with Crippen LogP contribution in [0.15, 0.2) is 12.2 Å². The molecule has 0 radical (unpaired) electrons. The highest BCUT2D eigenvalue weighted by Crippen LogP contribution is 2.40. The fraction of sp³-hybridized carbons (Fsp3) is 0.727. The third kappa shape index (κ3) is 3.62. The Morgan fingerprint density at radius 2 is 2.00 bits per heavy atom. The van der Waals surface area contributed by atoms with Crippen molar-refractivity contribution in [3.63, 3.8) is 0 Å². The number of carboxylic acid groups (broad SMARTS) is 1. The van der Waals surface area contributed by atoms with Crippen molar-refractivity contribution >= 4 is 5.97 Å². The summed E-state index contributed by atoms with van der Waals surface area (Å²) in [6.07, 6.45) is 10.3. The summed E-state index contributed by atoms with van der Waals surface area (Å²) in [4.78, 5) is 10.2. The molecule has 0 unspecified atom stereocenters. The first-order valence-electron chi connectivity index (χ1n) is 4.99. The fourth-order valence-corrected chi connectivity index (χ4v) is 1.98. The van der Waals surface area contributed by atoms with Gasteiger partial charge in [0.15, 0.2) is 0 Å². The van der Waals surface area contributed by atoms with Crippen LogP contribution >= 0.6 is 0 Å². The van der Waals surface area contributed by atoms with E-state index in [4.69, 9.17) is 5.11 Å². The molecular weight excluding hydrogens is 164 g/mol. The maximum absolute atomic E-state index is 10.2. The summed E-state index contributed by atoms with van der Waals surface area (Å²) < 4.78 is 0. The van der Waals surface area contributed by atoms with Gasteiger partial charge in [-0.25, -0.2) is 0 Å². The van der Waals surface area contributed by atoms with Crippen LogP contribution in [0.1, 0.15) is 45.4 Å². The third-order valence-corrected chi connectivity index (χ3v) is 2.88. The largest absolute Gasteiger partial charge is 0.481 e. The first-order valence-corrected chi connectivity index (χ1v) is 4.99. The van der Waals surface area contributed by atoms with E-state index >= 15 is 0 Å². The Kier molecular flexibility index (Phi) is 3.52. The summed E-state index contributed by atoms with van der Waals surface area (Å²) >= 11 is 0. The van der Waals surface area contributed by atoms with Gasteiger partial charge in [-0.3, -0.25) is 4.79 Å². The summed E-state index contributed by atoms with van der Waals surface area (Å²) in [7, 11) is 0. The third-order valence-electron chi connectivity index (χ3n) is 2.88. The second-order valence-electron chi connectivity index (χ2n) is 4.29. The van der Waals surface area contributed by atoms with Gasteiger partial charge < -0.3 is 5.11 Å². The summed E-state index contributed by atoms with van der Waals surface area (Å²) in [6, 6.07) is 0. The number of allylic oxidation sites excluding steroid dienone is 1. The molecule has 2 nitrogen and oxygen atoms in total. The van der Waals surface area contributed by atoms with Crippen molar-refractivity contribution in [3.8, 4) is 0 Å². The van der Waals surface area contributed by atoms with Gasteiger partial charge in [-0.05, 0) is 24.7 Å². The molecule has 13 heavy (non-hydrogen) atoms. The molecular formula is C11H18O2. The van der Waals surface area contributed by atoms with Gasteiger partial charge in [-0.1, -0.05) is 31.9 Å². The fourth-order valence-electron chi connectivity index (χ4n) is 1.98. The molecule has 0 heterocycles. The van der Waals surface area contributed by atoms with Gasteiger partial charge in [-0.2, -0.15) is 0 Å². The van der Waals surface area contributed by atoms with Gasteiger partial charge in [0.05, 0.1) is 6.42 Å². The van der Waals surface area contributed by atoms with Crippen molar-refractivity contribution in [1.82, 2.24) is 0 Å². The smallest absolute Gasteiger partial charge is 0.307 e. The second kappa shape index (κ2) is 4.45. The van der Waals surface area contributed by atoms with Crippen molar-refractivity contribution < 1.29 is 9.90 Å².